The van der Waals surface area contributed by atoms with Crippen LogP contribution < -0.4 is 5.32 Å². The van der Waals surface area contributed by atoms with Gasteiger partial charge >= 0.3 is 6.09 Å². The highest BCUT2D eigenvalue weighted by Crippen LogP contribution is 2.17. The van der Waals surface area contributed by atoms with Gasteiger partial charge in [0.1, 0.15) is 5.60 Å². The minimum absolute atomic E-state index is 0.371. The van der Waals surface area contributed by atoms with E-state index in [9.17, 15) is 4.79 Å². The fourth-order valence-corrected chi connectivity index (χ4v) is 2.06. The summed E-state index contributed by atoms with van der Waals surface area (Å²) in [5.41, 5.74) is 0.328. The van der Waals surface area contributed by atoms with Gasteiger partial charge < -0.3 is 10.1 Å². The summed E-state index contributed by atoms with van der Waals surface area (Å²) in [6, 6.07) is 10.1. The zero-order chi connectivity index (χ0) is 14.5. The van der Waals surface area contributed by atoms with E-state index in [1.165, 1.54) is 5.56 Å². The van der Waals surface area contributed by atoms with Crippen LogP contribution in [0.25, 0.3) is 0 Å². The molecule has 0 heterocycles. The van der Waals surface area contributed by atoms with Crippen molar-refractivity contribution >= 4 is 22.0 Å². The van der Waals surface area contributed by atoms with Gasteiger partial charge in [-0.1, -0.05) is 46.3 Å². The van der Waals surface area contributed by atoms with Crippen LogP contribution in [0.15, 0.2) is 30.3 Å². The van der Waals surface area contributed by atoms with Gasteiger partial charge in [-0.15, -0.1) is 0 Å². The highest BCUT2D eigenvalue weighted by atomic mass is 79.9. The summed E-state index contributed by atoms with van der Waals surface area (Å²) < 4.78 is 5.30. The average Bonchev–Trinajstić information content (AvgIpc) is 2.27. The molecule has 1 N–H and O–H groups in total. The van der Waals surface area contributed by atoms with Crippen LogP contribution in [0.2, 0.25) is 0 Å². The summed E-state index contributed by atoms with van der Waals surface area (Å²) in [7, 11) is 0. The molecule has 1 amide bonds. The van der Waals surface area contributed by atoms with Gasteiger partial charge in [-0.3, -0.25) is 0 Å². The summed E-state index contributed by atoms with van der Waals surface area (Å²) in [5.74, 6) is 0. The topological polar surface area (TPSA) is 38.3 Å². The van der Waals surface area contributed by atoms with Crippen LogP contribution in [0.4, 0.5) is 4.79 Å². The predicted octanol–water partition coefficient (Wildman–Crippen LogP) is 3.91. The lowest BCUT2D eigenvalue weighted by Gasteiger charge is -2.30. The minimum Gasteiger partial charge on any atom is -0.444 e. The summed E-state index contributed by atoms with van der Waals surface area (Å²) in [6.07, 6.45) is 0.364. The maximum atomic E-state index is 11.9. The quantitative estimate of drug-likeness (QED) is 0.851. The molecule has 0 bridgehead atoms. The predicted molar refractivity (Wildman–Crippen MR) is 81.7 cm³/mol. The molecule has 1 aromatic rings. The Hall–Kier alpha value is -1.03. The molecular formula is C15H22BrNO2. The maximum absolute atomic E-state index is 11.9. The van der Waals surface area contributed by atoms with Gasteiger partial charge in [0.15, 0.2) is 0 Å². The third kappa shape index (κ3) is 6.10. The lowest BCUT2D eigenvalue weighted by atomic mass is 9.95. The van der Waals surface area contributed by atoms with Crippen LogP contribution in [0.1, 0.15) is 33.3 Å². The van der Waals surface area contributed by atoms with Gasteiger partial charge in [-0.2, -0.15) is 0 Å². The number of hydrogen-bond donors (Lipinski definition) is 1. The number of halogens is 1. The first-order valence-corrected chi connectivity index (χ1v) is 7.47. The second-order valence-corrected chi connectivity index (χ2v) is 6.54. The Kier molecular flexibility index (Phi) is 5.41. The molecule has 0 aromatic heterocycles. The van der Waals surface area contributed by atoms with Crippen molar-refractivity contribution in [1.82, 2.24) is 5.32 Å². The number of carbonyl (C=O) groups excluding carboxylic acids is 1. The fraction of sp³-hybridized carbons (Fsp3) is 0.533. The Morgan fingerprint density at radius 2 is 1.79 bits per heavy atom. The Morgan fingerprint density at radius 3 is 2.26 bits per heavy atom. The molecule has 4 heteroatoms. The van der Waals surface area contributed by atoms with Crippen LogP contribution in [0, 0.1) is 0 Å². The molecule has 1 atom stereocenters. The number of ether oxygens (including phenoxy) is 1. The molecule has 0 saturated heterocycles. The summed E-state index contributed by atoms with van der Waals surface area (Å²) in [5, 5.41) is 3.60. The van der Waals surface area contributed by atoms with Crippen molar-refractivity contribution in [2.24, 2.45) is 0 Å². The van der Waals surface area contributed by atoms with Crippen LogP contribution in [-0.4, -0.2) is 22.6 Å². The van der Waals surface area contributed by atoms with E-state index in [0.717, 1.165) is 6.42 Å². The van der Waals surface area contributed by atoms with Crippen molar-refractivity contribution in [1.29, 1.82) is 0 Å². The van der Waals surface area contributed by atoms with Crippen molar-refractivity contribution in [3.05, 3.63) is 35.9 Å². The number of alkyl carbamates (subject to hydrolysis) is 1. The van der Waals surface area contributed by atoms with Gasteiger partial charge in [-0.05, 0) is 39.7 Å². The summed E-state index contributed by atoms with van der Waals surface area (Å²) in [6.45, 7) is 7.57. The first kappa shape index (κ1) is 16.0. The molecule has 3 nitrogen and oxygen atoms in total. The van der Waals surface area contributed by atoms with Gasteiger partial charge in [0, 0.05) is 5.33 Å². The standard InChI is InChI=1S/C15H22BrNO2/c1-14(2,3)19-13(18)17-15(4,11-16)10-12-8-6-5-7-9-12/h5-9H,10-11H2,1-4H3,(H,17,18). The van der Waals surface area contributed by atoms with Gasteiger partial charge in [0.2, 0.25) is 0 Å². The SMILES string of the molecule is CC(CBr)(Cc1ccccc1)NC(=O)OC(C)(C)C. The highest BCUT2D eigenvalue weighted by Gasteiger charge is 2.28. The van der Waals surface area contributed by atoms with E-state index >= 15 is 0 Å². The van der Waals surface area contributed by atoms with E-state index in [0.29, 0.717) is 5.33 Å². The third-order valence-corrected chi connectivity index (χ3v) is 3.77. The van der Waals surface area contributed by atoms with E-state index < -0.39 is 5.60 Å². The number of benzene rings is 1. The Balaban J connectivity index is 2.68. The van der Waals surface area contributed by atoms with E-state index in [2.05, 4.69) is 33.4 Å². The normalized spacial score (nSPS) is 14.6. The molecule has 0 radical (unpaired) electrons. The summed E-state index contributed by atoms with van der Waals surface area (Å²) >= 11 is 3.47. The van der Waals surface area contributed by atoms with Crippen molar-refractivity contribution in [2.75, 3.05) is 5.33 Å². The van der Waals surface area contributed by atoms with E-state index in [1.54, 1.807) is 0 Å². The second kappa shape index (κ2) is 6.42. The zero-order valence-corrected chi connectivity index (χ0v) is 13.6. The van der Waals surface area contributed by atoms with Crippen molar-refractivity contribution in [2.45, 2.75) is 45.3 Å². The number of amides is 1. The maximum Gasteiger partial charge on any atom is 0.408 e. The molecular weight excluding hydrogens is 306 g/mol. The minimum atomic E-state index is -0.482. The van der Waals surface area contributed by atoms with Crippen molar-refractivity contribution < 1.29 is 9.53 Å². The van der Waals surface area contributed by atoms with E-state index in [-0.39, 0.29) is 11.6 Å². The molecule has 1 unspecified atom stereocenters. The van der Waals surface area contributed by atoms with Crippen molar-refractivity contribution in [3.8, 4) is 0 Å². The fourth-order valence-electron chi connectivity index (χ4n) is 1.72. The number of hydrogen-bond acceptors (Lipinski definition) is 2. The van der Waals surface area contributed by atoms with Crippen LogP contribution in [0.5, 0.6) is 0 Å². The smallest absolute Gasteiger partial charge is 0.408 e. The molecule has 19 heavy (non-hydrogen) atoms. The molecule has 0 aliphatic rings. The first-order valence-electron chi connectivity index (χ1n) is 6.35. The van der Waals surface area contributed by atoms with Crippen LogP contribution >= 0.6 is 15.9 Å². The molecule has 1 rings (SSSR count). The Morgan fingerprint density at radius 1 is 1.21 bits per heavy atom. The molecule has 0 fully saturated rings. The second-order valence-electron chi connectivity index (χ2n) is 5.98. The number of carbonyl (C=O) groups is 1. The molecule has 106 valence electrons. The van der Waals surface area contributed by atoms with Gasteiger partial charge in [0.05, 0.1) is 5.54 Å². The number of nitrogens with one attached hydrogen (secondary N) is 1. The van der Waals surface area contributed by atoms with E-state index in [4.69, 9.17) is 4.74 Å². The van der Waals surface area contributed by atoms with Gasteiger partial charge in [-0.25, -0.2) is 4.79 Å². The van der Waals surface area contributed by atoms with Crippen LogP contribution in [-0.2, 0) is 11.2 Å². The lowest BCUT2D eigenvalue weighted by molar-refractivity contribution is 0.0475. The zero-order valence-electron chi connectivity index (χ0n) is 12.0. The average molecular weight is 328 g/mol. The molecule has 0 aliphatic heterocycles. The third-order valence-electron chi connectivity index (χ3n) is 2.53. The molecule has 1 aromatic carbocycles. The van der Waals surface area contributed by atoms with Gasteiger partial charge in [0.25, 0.3) is 0 Å². The monoisotopic (exact) mass is 327 g/mol. The summed E-state index contributed by atoms with van der Waals surface area (Å²) in [4.78, 5) is 11.9. The van der Waals surface area contributed by atoms with E-state index in [1.807, 2.05) is 45.9 Å². The molecule has 0 aliphatic carbocycles. The number of rotatable bonds is 4. The lowest BCUT2D eigenvalue weighted by Crippen LogP contribution is -2.50. The largest absolute Gasteiger partial charge is 0.444 e. The Bertz CT molecular complexity index is 414. The van der Waals surface area contributed by atoms with Crippen LogP contribution in [0.3, 0.4) is 0 Å². The Labute approximate surface area is 123 Å². The number of alkyl halides is 1. The first-order chi connectivity index (χ1) is 8.74. The highest BCUT2D eigenvalue weighted by molar-refractivity contribution is 9.09. The molecule has 0 spiro atoms. The van der Waals surface area contributed by atoms with Crippen molar-refractivity contribution in [3.63, 3.8) is 0 Å². The molecule has 0 saturated carbocycles.